The number of nitrogens with zero attached hydrogens (tertiary/aromatic N) is 3. The van der Waals surface area contributed by atoms with Crippen molar-refractivity contribution in [1.29, 1.82) is 0 Å². The molecule has 4 rings (SSSR count). The van der Waals surface area contributed by atoms with Crippen LogP contribution in [0.25, 0.3) is 10.9 Å². The van der Waals surface area contributed by atoms with E-state index in [1.165, 1.54) is 12.1 Å². The first-order chi connectivity index (χ1) is 12.9. The number of carbonyl (C=O) groups excluding carboxylic acids is 1. The third-order valence-corrected chi connectivity index (χ3v) is 5.76. The van der Waals surface area contributed by atoms with Crippen LogP contribution in [0.1, 0.15) is 6.42 Å². The van der Waals surface area contributed by atoms with E-state index in [2.05, 4.69) is 0 Å². The summed E-state index contributed by atoms with van der Waals surface area (Å²) in [5.41, 5.74) is -0.201. The standard InChI is InChI=1S/C18H19N3O6/c22-16(20-8-13-10-27-6-4-18(13,11-20)17(23)24)9-19-5-3-12-7-14(21(25)26)1-2-15(12)19/h1-3,5,7,13H,4,6,8-11H2,(H,23,24)/t13-,18+/m0/s1. The number of amides is 1. The molecule has 0 saturated carbocycles. The Morgan fingerprint density at radius 2 is 2.19 bits per heavy atom. The molecule has 1 aromatic heterocycles. The van der Waals surface area contributed by atoms with Gasteiger partial charge < -0.3 is 19.3 Å². The van der Waals surface area contributed by atoms with Gasteiger partial charge in [-0.25, -0.2) is 0 Å². The predicted octanol–water partition coefficient (Wildman–Crippen LogP) is 1.50. The molecule has 2 aliphatic rings. The van der Waals surface area contributed by atoms with E-state index in [4.69, 9.17) is 4.74 Å². The lowest BCUT2D eigenvalue weighted by Crippen LogP contribution is -2.45. The van der Waals surface area contributed by atoms with Crippen molar-refractivity contribution < 1.29 is 24.4 Å². The van der Waals surface area contributed by atoms with Crippen LogP contribution in [-0.4, -0.2) is 57.7 Å². The summed E-state index contributed by atoms with van der Waals surface area (Å²) in [7, 11) is 0. The molecule has 2 saturated heterocycles. The summed E-state index contributed by atoms with van der Waals surface area (Å²) >= 11 is 0. The highest BCUT2D eigenvalue weighted by Crippen LogP contribution is 2.42. The first-order valence-electron chi connectivity index (χ1n) is 8.73. The fourth-order valence-electron chi connectivity index (χ4n) is 4.17. The van der Waals surface area contributed by atoms with Crippen LogP contribution in [0, 0.1) is 21.4 Å². The second-order valence-corrected chi connectivity index (χ2v) is 7.20. The minimum absolute atomic E-state index is 0.00130. The van der Waals surface area contributed by atoms with E-state index >= 15 is 0 Å². The van der Waals surface area contributed by atoms with E-state index in [0.29, 0.717) is 31.6 Å². The van der Waals surface area contributed by atoms with E-state index < -0.39 is 16.3 Å². The molecule has 0 aliphatic carbocycles. The first kappa shape index (κ1) is 17.5. The van der Waals surface area contributed by atoms with E-state index in [-0.39, 0.29) is 30.6 Å². The Hall–Kier alpha value is -2.94. The normalized spacial score (nSPS) is 24.7. The predicted molar refractivity (Wildman–Crippen MR) is 94.2 cm³/mol. The van der Waals surface area contributed by atoms with Crippen molar-refractivity contribution in [3.8, 4) is 0 Å². The van der Waals surface area contributed by atoms with Gasteiger partial charge in [-0.3, -0.25) is 19.7 Å². The number of aromatic nitrogens is 1. The summed E-state index contributed by atoms with van der Waals surface area (Å²) in [5, 5.41) is 21.3. The van der Waals surface area contributed by atoms with Crippen molar-refractivity contribution in [2.45, 2.75) is 13.0 Å². The second-order valence-electron chi connectivity index (χ2n) is 7.20. The monoisotopic (exact) mass is 373 g/mol. The van der Waals surface area contributed by atoms with Gasteiger partial charge in [-0.15, -0.1) is 0 Å². The molecule has 2 aromatic rings. The van der Waals surface area contributed by atoms with E-state index in [1.807, 2.05) is 0 Å². The number of carboxylic acids is 1. The lowest BCUT2D eigenvalue weighted by atomic mass is 9.74. The van der Waals surface area contributed by atoms with Crippen molar-refractivity contribution in [2.75, 3.05) is 26.3 Å². The summed E-state index contributed by atoms with van der Waals surface area (Å²) in [4.78, 5) is 36.7. The van der Waals surface area contributed by atoms with Gasteiger partial charge in [0, 0.05) is 54.8 Å². The largest absolute Gasteiger partial charge is 0.481 e. The lowest BCUT2D eigenvalue weighted by molar-refractivity contribution is -0.384. The van der Waals surface area contributed by atoms with Gasteiger partial charge in [0.25, 0.3) is 5.69 Å². The van der Waals surface area contributed by atoms with Crippen LogP contribution in [0.2, 0.25) is 0 Å². The van der Waals surface area contributed by atoms with Crippen LogP contribution in [0.4, 0.5) is 5.69 Å². The number of non-ortho nitro benzene ring substituents is 1. The van der Waals surface area contributed by atoms with Gasteiger partial charge in [-0.1, -0.05) is 0 Å². The van der Waals surface area contributed by atoms with Crippen LogP contribution < -0.4 is 0 Å². The van der Waals surface area contributed by atoms with Gasteiger partial charge in [0.2, 0.25) is 5.91 Å². The molecule has 0 unspecified atom stereocenters. The fraction of sp³-hybridized carbons (Fsp3) is 0.444. The average Bonchev–Trinajstić information content (AvgIpc) is 3.23. The number of nitro benzene ring substituents is 1. The van der Waals surface area contributed by atoms with Crippen LogP contribution in [0.3, 0.4) is 0 Å². The Balaban J connectivity index is 1.54. The molecule has 3 heterocycles. The summed E-state index contributed by atoms with van der Waals surface area (Å²) < 4.78 is 7.15. The highest BCUT2D eigenvalue weighted by atomic mass is 16.6. The van der Waals surface area contributed by atoms with Gasteiger partial charge in [-0.2, -0.15) is 0 Å². The fourth-order valence-corrected chi connectivity index (χ4v) is 4.17. The third kappa shape index (κ3) is 2.84. The maximum absolute atomic E-state index is 12.8. The molecule has 0 bridgehead atoms. The molecule has 142 valence electrons. The number of hydrogen-bond acceptors (Lipinski definition) is 5. The zero-order valence-corrected chi connectivity index (χ0v) is 14.5. The highest BCUT2D eigenvalue weighted by molar-refractivity contribution is 5.86. The molecule has 2 aliphatic heterocycles. The number of benzene rings is 1. The number of rotatable bonds is 4. The number of hydrogen-bond donors (Lipinski definition) is 1. The topological polar surface area (TPSA) is 115 Å². The Kier molecular flexibility index (Phi) is 4.11. The molecular weight excluding hydrogens is 354 g/mol. The van der Waals surface area contributed by atoms with Crippen LogP contribution in [0.15, 0.2) is 30.5 Å². The molecule has 1 N–H and O–H groups in total. The number of likely N-dealkylation sites (tertiary alicyclic amines) is 1. The van der Waals surface area contributed by atoms with Gasteiger partial charge in [0.15, 0.2) is 0 Å². The molecule has 2 fully saturated rings. The minimum Gasteiger partial charge on any atom is -0.481 e. The Morgan fingerprint density at radius 3 is 2.89 bits per heavy atom. The zero-order valence-electron chi connectivity index (χ0n) is 14.5. The zero-order chi connectivity index (χ0) is 19.2. The molecule has 1 amide bonds. The number of carbonyl (C=O) groups is 2. The number of nitro groups is 1. The van der Waals surface area contributed by atoms with Crippen molar-refractivity contribution in [1.82, 2.24) is 9.47 Å². The number of carboxylic acid groups (broad SMARTS) is 1. The van der Waals surface area contributed by atoms with Crippen molar-refractivity contribution in [2.24, 2.45) is 11.3 Å². The lowest BCUT2D eigenvalue weighted by Gasteiger charge is -2.33. The summed E-state index contributed by atoms with van der Waals surface area (Å²) in [6.07, 6.45) is 2.12. The number of ether oxygens (including phenoxy) is 1. The first-order valence-corrected chi connectivity index (χ1v) is 8.73. The smallest absolute Gasteiger partial charge is 0.311 e. The van der Waals surface area contributed by atoms with Gasteiger partial charge in [0.05, 0.1) is 16.9 Å². The summed E-state index contributed by atoms with van der Waals surface area (Å²) in [5.74, 6) is -1.23. The summed E-state index contributed by atoms with van der Waals surface area (Å²) in [6.45, 7) is 1.37. The van der Waals surface area contributed by atoms with E-state index in [0.717, 1.165) is 5.52 Å². The Bertz CT molecular complexity index is 938. The molecular formula is C18H19N3O6. The summed E-state index contributed by atoms with van der Waals surface area (Å²) in [6, 6.07) is 6.23. The molecule has 0 spiro atoms. The van der Waals surface area contributed by atoms with Gasteiger partial charge >= 0.3 is 5.97 Å². The van der Waals surface area contributed by atoms with Crippen LogP contribution in [-0.2, 0) is 20.9 Å². The second kappa shape index (κ2) is 6.34. The Morgan fingerprint density at radius 1 is 1.37 bits per heavy atom. The van der Waals surface area contributed by atoms with Crippen molar-refractivity contribution in [3.63, 3.8) is 0 Å². The molecule has 0 radical (unpaired) electrons. The molecule has 2 atom stereocenters. The third-order valence-electron chi connectivity index (χ3n) is 5.76. The van der Waals surface area contributed by atoms with E-state index in [1.54, 1.807) is 27.8 Å². The van der Waals surface area contributed by atoms with Crippen LogP contribution in [0.5, 0.6) is 0 Å². The van der Waals surface area contributed by atoms with Gasteiger partial charge in [-0.05, 0) is 18.6 Å². The molecule has 9 heteroatoms. The van der Waals surface area contributed by atoms with Gasteiger partial charge in [0.1, 0.15) is 6.54 Å². The average molecular weight is 373 g/mol. The molecule has 1 aromatic carbocycles. The quantitative estimate of drug-likeness (QED) is 0.641. The van der Waals surface area contributed by atoms with Crippen LogP contribution >= 0.6 is 0 Å². The maximum Gasteiger partial charge on any atom is 0.311 e. The number of aliphatic carboxylic acids is 1. The number of fused-ring (bicyclic) bond motifs is 2. The Labute approximate surface area is 154 Å². The molecule has 27 heavy (non-hydrogen) atoms. The van der Waals surface area contributed by atoms with E-state index in [9.17, 15) is 24.8 Å². The minimum atomic E-state index is -0.923. The van der Waals surface area contributed by atoms with Crippen molar-refractivity contribution >= 4 is 28.5 Å². The molecule has 9 nitrogen and oxygen atoms in total. The highest BCUT2D eigenvalue weighted by Gasteiger charge is 2.54. The maximum atomic E-state index is 12.8. The SMILES string of the molecule is O=C(Cn1ccc2cc([N+](=O)[O-])ccc21)N1C[C@H]2COCC[C@@]2(C(=O)O)C1. The van der Waals surface area contributed by atoms with Crippen molar-refractivity contribution in [3.05, 3.63) is 40.6 Å².